The summed E-state index contributed by atoms with van der Waals surface area (Å²) >= 11 is 0. The monoisotopic (exact) mass is 291 g/mol. The molecule has 1 fully saturated rings. The third kappa shape index (κ3) is 3.39. The molecule has 1 aromatic carbocycles. The van der Waals surface area contributed by atoms with Crippen molar-refractivity contribution in [3.63, 3.8) is 0 Å². The SMILES string of the molecule is COC(=O)C1CCCN1C(=O)c1cccc(OC(C)=O)c1. The zero-order chi connectivity index (χ0) is 15.4. The van der Waals surface area contributed by atoms with Crippen molar-refractivity contribution < 1.29 is 23.9 Å². The van der Waals surface area contributed by atoms with Gasteiger partial charge in [0.05, 0.1) is 7.11 Å². The van der Waals surface area contributed by atoms with Gasteiger partial charge in [0, 0.05) is 19.0 Å². The predicted molar refractivity (Wildman–Crippen MR) is 73.8 cm³/mol. The Hall–Kier alpha value is -2.37. The van der Waals surface area contributed by atoms with E-state index in [0.29, 0.717) is 24.3 Å². The van der Waals surface area contributed by atoms with Crippen LogP contribution in [-0.4, -0.2) is 42.4 Å². The van der Waals surface area contributed by atoms with Crippen molar-refractivity contribution in [2.45, 2.75) is 25.8 Å². The smallest absolute Gasteiger partial charge is 0.328 e. The first-order chi connectivity index (χ1) is 10.0. The molecule has 21 heavy (non-hydrogen) atoms. The van der Waals surface area contributed by atoms with Crippen LogP contribution in [-0.2, 0) is 14.3 Å². The van der Waals surface area contributed by atoms with Crippen LogP contribution in [0.1, 0.15) is 30.1 Å². The first-order valence-electron chi connectivity index (χ1n) is 6.70. The molecule has 1 amide bonds. The van der Waals surface area contributed by atoms with Gasteiger partial charge in [-0.3, -0.25) is 9.59 Å². The minimum Gasteiger partial charge on any atom is -0.467 e. The van der Waals surface area contributed by atoms with Gasteiger partial charge in [-0.15, -0.1) is 0 Å². The number of carbonyl (C=O) groups excluding carboxylic acids is 3. The molecule has 6 nitrogen and oxygen atoms in total. The van der Waals surface area contributed by atoms with Gasteiger partial charge < -0.3 is 14.4 Å². The van der Waals surface area contributed by atoms with Gasteiger partial charge in [0.2, 0.25) is 0 Å². The first-order valence-corrected chi connectivity index (χ1v) is 6.70. The van der Waals surface area contributed by atoms with E-state index in [1.165, 1.54) is 25.0 Å². The zero-order valence-corrected chi connectivity index (χ0v) is 12.0. The van der Waals surface area contributed by atoms with Gasteiger partial charge in [-0.25, -0.2) is 4.79 Å². The van der Waals surface area contributed by atoms with E-state index in [0.717, 1.165) is 6.42 Å². The maximum atomic E-state index is 12.5. The zero-order valence-electron chi connectivity index (χ0n) is 12.0. The summed E-state index contributed by atoms with van der Waals surface area (Å²) in [5, 5.41) is 0. The van der Waals surface area contributed by atoms with Crippen molar-refractivity contribution in [1.82, 2.24) is 4.90 Å². The van der Waals surface area contributed by atoms with Crippen molar-refractivity contribution in [2.24, 2.45) is 0 Å². The number of benzene rings is 1. The molecule has 1 aromatic rings. The quantitative estimate of drug-likeness (QED) is 0.621. The van der Waals surface area contributed by atoms with Crippen LogP contribution in [0.5, 0.6) is 5.75 Å². The molecular weight excluding hydrogens is 274 g/mol. The molecule has 1 aliphatic heterocycles. The Balaban J connectivity index is 2.19. The molecule has 2 rings (SSSR count). The maximum Gasteiger partial charge on any atom is 0.328 e. The average Bonchev–Trinajstić information content (AvgIpc) is 2.94. The van der Waals surface area contributed by atoms with Gasteiger partial charge in [0.25, 0.3) is 5.91 Å². The molecule has 0 radical (unpaired) electrons. The van der Waals surface area contributed by atoms with Crippen molar-refractivity contribution in [2.75, 3.05) is 13.7 Å². The van der Waals surface area contributed by atoms with Crippen LogP contribution in [0, 0.1) is 0 Å². The summed E-state index contributed by atoms with van der Waals surface area (Å²) in [5.74, 6) is -0.815. The Bertz CT molecular complexity index is 569. The molecule has 112 valence electrons. The summed E-state index contributed by atoms with van der Waals surface area (Å²) in [6.07, 6.45) is 1.36. The summed E-state index contributed by atoms with van der Waals surface area (Å²) < 4.78 is 9.69. The Morgan fingerprint density at radius 1 is 1.29 bits per heavy atom. The summed E-state index contributed by atoms with van der Waals surface area (Å²) in [7, 11) is 1.31. The molecule has 0 aromatic heterocycles. The summed E-state index contributed by atoms with van der Waals surface area (Å²) in [6.45, 7) is 1.80. The standard InChI is InChI=1S/C15H17NO5/c1-10(17)21-12-6-3-5-11(9-12)14(18)16-8-4-7-13(16)15(19)20-2/h3,5-6,9,13H,4,7-8H2,1-2H3. The number of carbonyl (C=O) groups is 3. The highest BCUT2D eigenvalue weighted by Gasteiger charge is 2.35. The molecule has 0 aliphatic carbocycles. The number of amides is 1. The molecule has 0 N–H and O–H groups in total. The molecule has 0 spiro atoms. The average molecular weight is 291 g/mol. The van der Waals surface area contributed by atoms with Gasteiger partial charge in [-0.05, 0) is 31.0 Å². The minimum absolute atomic E-state index is 0.267. The Kier molecular flexibility index (Phi) is 4.57. The third-order valence-electron chi connectivity index (χ3n) is 3.33. The van der Waals surface area contributed by atoms with E-state index < -0.39 is 18.0 Å². The van der Waals surface area contributed by atoms with Crippen LogP contribution < -0.4 is 4.74 Å². The lowest BCUT2D eigenvalue weighted by Gasteiger charge is -2.22. The highest BCUT2D eigenvalue weighted by molar-refractivity contribution is 5.97. The van der Waals surface area contributed by atoms with Gasteiger partial charge in [-0.2, -0.15) is 0 Å². The lowest BCUT2D eigenvalue weighted by atomic mass is 10.1. The van der Waals surface area contributed by atoms with E-state index >= 15 is 0 Å². The van der Waals surface area contributed by atoms with Gasteiger partial charge in [0.15, 0.2) is 0 Å². The maximum absolute atomic E-state index is 12.5. The molecular formula is C15H17NO5. The number of hydrogen-bond donors (Lipinski definition) is 0. The van der Waals surface area contributed by atoms with Gasteiger partial charge in [-0.1, -0.05) is 6.07 Å². The molecule has 1 heterocycles. The molecule has 1 atom stereocenters. The predicted octanol–water partition coefficient (Wildman–Crippen LogP) is 1.39. The fourth-order valence-electron chi connectivity index (χ4n) is 2.42. The van der Waals surface area contributed by atoms with Crippen LogP contribution in [0.4, 0.5) is 0 Å². The molecule has 0 saturated carbocycles. The third-order valence-corrected chi connectivity index (χ3v) is 3.33. The second-order valence-electron chi connectivity index (χ2n) is 4.80. The van der Waals surface area contributed by atoms with Gasteiger partial charge in [0.1, 0.15) is 11.8 Å². The van der Waals surface area contributed by atoms with Crippen molar-refractivity contribution in [3.05, 3.63) is 29.8 Å². The minimum atomic E-state index is -0.542. The number of hydrogen-bond acceptors (Lipinski definition) is 5. The Morgan fingerprint density at radius 2 is 2.05 bits per heavy atom. The number of nitrogens with zero attached hydrogens (tertiary/aromatic N) is 1. The largest absolute Gasteiger partial charge is 0.467 e. The first kappa shape index (κ1) is 15.0. The van der Waals surface area contributed by atoms with Crippen LogP contribution in [0.3, 0.4) is 0 Å². The second-order valence-corrected chi connectivity index (χ2v) is 4.80. The van der Waals surface area contributed by atoms with E-state index in [1.54, 1.807) is 18.2 Å². The molecule has 1 aliphatic rings. The number of methoxy groups -OCH3 is 1. The van der Waals surface area contributed by atoms with Crippen molar-refractivity contribution in [1.29, 1.82) is 0 Å². The van der Waals surface area contributed by atoms with E-state index in [1.807, 2.05) is 0 Å². The normalized spacial score (nSPS) is 17.4. The number of ether oxygens (including phenoxy) is 2. The number of rotatable bonds is 3. The van der Waals surface area contributed by atoms with E-state index in [9.17, 15) is 14.4 Å². The fourth-order valence-corrected chi connectivity index (χ4v) is 2.42. The van der Waals surface area contributed by atoms with Crippen LogP contribution in [0.15, 0.2) is 24.3 Å². The lowest BCUT2D eigenvalue weighted by molar-refractivity contribution is -0.145. The molecule has 6 heteroatoms. The Labute approximate surface area is 122 Å². The van der Waals surface area contributed by atoms with E-state index in [2.05, 4.69) is 0 Å². The summed E-state index contributed by atoms with van der Waals surface area (Å²) in [6, 6.07) is 5.81. The van der Waals surface area contributed by atoms with Gasteiger partial charge >= 0.3 is 11.9 Å². The highest BCUT2D eigenvalue weighted by Crippen LogP contribution is 2.23. The van der Waals surface area contributed by atoms with E-state index in [-0.39, 0.29) is 5.91 Å². The van der Waals surface area contributed by atoms with E-state index in [4.69, 9.17) is 9.47 Å². The van der Waals surface area contributed by atoms with Crippen LogP contribution in [0.2, 0.25) is 0 Å². The van der Waals surface area contributed by atoms with Crippen molar-refractivity contribution in [3.8, 4) is 5.75 Å². The molecule has 1 unspecified atom stereocenters. The highest BCUT2D eigenvalue weighted by atomic mass is 16.5. The van der Waals surface area contributed by atoms with Crippen molar-refractivity contribution >= 4 is 17.8 Å². The number of likely N-dealkylation sites (tertiary alicyclic amines) is 1. The summed E-state index contributed by atoms with van der Waals surface area (Å²) in [4.78, 5) is 36.6. The molecule has 1 saturated heterocycles. The topological polar surface area (TPSA) is 72.9 Å². The Morgan fingerprint density at radius 3 is 2.71 bits per heavy atom. The fraction of sp³-hybridized carbons (Fsp3) is 0.400. The summed E-state index contributed by atoms with van der Waals surface area (Å²) in [5.41, 5.74) is 0.379. The van der Waals surface area contributed by atoms with Crippen LogP contribution >= 0.6 is 0 Å². The van der Waals surface area contributed by atoms with Crippen LogP contribution in [0.25, 0.3) is 0 Å². The molecule has 0 bridgehead atoms. The second kappa shape index (κ2) is 6.39. The lowest BCUT2D eigenvalue weighted by Crippen LogP contribution is -2.41. The number of esters is 2.